The smallest absolute Gasteiger partial charge is 0.311 e. The molecule has 2 N–H and O–H groups in total. The third-order valence-electron chi connectivity index (χ3n) is 4.35. The highest BCUT2D eigenvalue weighted by Crippen LogP contribution is 2.36. The molecule has 1 aromatic rings. The van der Waals surface area contributed by atoms with Gasteiger partial charge in [-0.05, 0) is 38.8 Å². The van der Waals surface area contributed by atoms with Crippen LogP contribution in [0.5, 0.6) is 5.75 Å². The first kappa shape index (κ1) is 17.3. The van der Waals surface area contributed by atoms with Gasteiger partial charge in [0.15, 0.2) is 0 Å². The monoisotopic (exact) mass is 319 g/mol. The van der Waals surface area contributed by atoms with E-state index >= 15 is 0 Å². The molecule has 1 amide bonds. The lowest BCUT2D eigenvalue weighted by Gasteiger charge is -2.33. The molecular formula is C18H25NO4. The Morgan fingerprint density at radius 3 is 2.48 bits per heavy atom. The zero-order valence-electron chi connectivity index (χ0n) is 13.8. The average Bonchev–Trinajstić information content (AvgIpc) is 2.53. The minimum atomic E-state index is -0.832. The number of carbonyl (C=O) groups is 2. The van der Waals surface area contributed by atoms with Crippen molar-refractivity contribution in [3.63, 3.8) is 0 Å². The van der Waals surface area contributed by atoms with Crippen molar-refractivity contribution in [2.75, 3.05) is 6.54 Å². The number of carbonyl (C=O) groups excluding carboxylic acids is 1. The van der Waals surface area contributed by atoms with E-state index in [0.29, 0.717) is 24.2 Å². The maximum absolute atomic E-state index is 12.5. The molecule has 23 heavy (non-hydrogen) atoms. The van der Waals surface area contributed by atoms with Crippen LogP contribution in [-0.4, -0.2) is 29.6 Å². The van der Waals surface area contributed by atoms with Crippen LogP contribution >= 0.6 is 0 Å². The van der Waals surface area contributed by atoms with Gasteiger partial charge in [-0.3, -0.25) is 9.59 Å². The fraction of sp³-hybridized carbons (Fsp3) is 0.556. The van der Waals surface area contributed by atoms with E-state index < -0.39 is 11.4 Å². The minimum Gasteiger partial charge on any atom is -0.490 e. The fourth-order valence-electron chi connectivity index (χ4n) is 3.05. The van der Waals surface area contributed by atoms with Gasteiger partial charge >= 0.3 is 5.97 Å². The van der Waals surface area contributed by atoms with E-state index in [9.17, 15) is 14.7 Å². The van der Waals surface area contributed by atoms with E-state index in [-0.39, 0.29) is 18.6 Å². The lowest BCUT2D eigenvalue weighted by Crippen LogP contribution is -2.44. The van der Waals surface area contributed by atoms with E-state index in [1.165, 1.54) is 0 Å². The molecule has 1 fully saturated rings. The predicted molar refractivity (Wildman–Crippen MR) is 87.7 cm³/mol. The maximum Gasteiger partial charge on any atom is 0.311 e. The van der Waals surface area contributed by atoms with E-state index in [2.05, 4.69) is 5.32 Å². The molecule has 0 aromatic heterocycles. The van der Waals surface area contributed by atoms with Crippen molar-refractivity contribution in [2.45, 2.75) is 52.1 Å². The molecule has 0 saturated heterocycles. The molecule has 0 unspecified atom stereocenters. The highest BCUT2D eigenvalue weighted by atomic mass is 16.5. The molecule has 0 radical (unpaired) electrons. The number of para-hydroxylation sites is 1. The molecule has 0 aliphatic heterocycles. The van der Waals surface area contributed by atoms with Crippen molar-refractivity contribution in [1.29, 1.82) is 0 Å². The highest BCUT2D eigenvalue weighted by Gasteiger charge is 2.39. The van der Waals surface area contributed by atoms with Gasteiger partial charge in [0.05, 0.1) is 17.1 Å². The SMILES string of the molecule is CC(C)Oc1ccccc1C(=O)NCC1(C(=O)O)CCCCC1. The Kier molecular flexibility index (Phi) is 5.64. The first-order valence-electron chi connectivity index (χ1n) is 8.22. The van der Waals surface area contributed by atoms with Crippen molar-refractivity contribution >= 4 is 11.9 Å². The summed E-state index contributed by atoms with van der Waals surface area (Å²) >= 11 is 0. The molecule has 0 heterocycles. The summed E-state index contributed by atoms with van der Waals surface area (Å²) in [4.78, 5) is 24.1. The normalized spacial score (nSPS) is 16.8. The summed E-state index contributed by atoms with van der Waals surface area (Å²) in [6.07, 6.45) is 4.06. The van der Waals surface area contributed by atoms with Crippen molar-refractivity contribution in [2.24, 2.45) is 5.41 Å². The first-order chi connectivity index (χ1) is 10.9. The molecule has 1 aromatic carbocycles. The minimum absolute atomic E-state index is 0.0346. The molecule has 126 valence electrons. The first-order valence-corrected chi connectivity index (χ1v) is 8.22. The van der Waals surface area contributed by atoms with Crippen LogP contribution in [0.1, 0.15) is 56.3 Å². The Hall–Kier alpha value is -2.04. The number of aliphatic carboxylic acids is 1. The topological polar surface area (TPSA) is 75.6 Å². The van der Waals surface area contributed by atoms with Gasteiger partial charge in [0.1, 0.15) is 5.75 Å². The predicted octanol–water partition coefficient (Wildman–Crippen LogP) is 3.24. The quantitative estimate of drug-likeness (QED) is 0.844. The van der Waals surface area contributed by atoms with E-state index in [1.807, 2.05) is 19.9 Å². The second-order valence-corrected chi connectivity index (χ2v) is 6.49. The van der Waals surface area contributed by atoms with Gasteiger partial charge in [-0.2, -0.15) is 0 Å². The van der Waals surface area contributed by atoms with Crippen LogP contribution in [0.2, 0.25) is 0 Å². The number of hydrogen-bond acceptors (Lipinski definition) is 3. The Labute approximate surface area is 137 Å². The number of ether oxygens (including phenoxy) is 1. The van der Waals surface area contributed by atoms with Crippen molar-refractivity contribution in [3.8, 4) is 5.75 Å². The zero-order valence-corrected chi connectivity index (χ0v) is 13.8. The largest absolute Gasteiger partial charge is 0.490 e. The molecule has 0 atom stereocenters. The molecule has 1 aliphatic rings. The van der Waals surface area contributed by atoms with E-state index in [0.717, 1.165) is 19.3 Å². The van der Waals surface area contributed by atoms with Gasteiger partial charge in [-0.15, -0.1) is 0 Å². The van der Waals surface area contributed by atoms with Crippen LogP contribution in [0.4, 0.5) is 0 Å². The van der Waals surface area contributed by atoms with Gasteiger partial charge in [0.2, 0.25) is 0 Å². The average molecular weight is 319 g/mol. The maximum atomic E-state index is 12.5. The molecule has 1 aliphatic carbocycles. The summed E-state index contributed by atoms with van der Waals surface area (Å²) in [6.45, 7) is 3.96. The number of nitrogens with one attached hydrogen (secondary N) is 1. The molecular weight excluding hydrogens is 294 g/mol. The Morgan fingerprint density at radius 2 is 1.87 bits per heavy atom. The van der Waals surface area contributed by atoms with Crippen LogP contribution < -0.4 is 10.1 Å². The van der Waals surface area contributed by atoms with Gasteiger partial charge in [0.25, 0.3) is 5.91 Å². The Bertz CT molecular complexity index is 562. The molecule has 0 bridgehead atoms. The van der Waals surface area contributed by atoms with E-state index in [4.69, 9.17) is 4.74 Å². The number of carboxylic acids is 1. The van der Waals surface area contributed by atoms with Gasteiger partial charge in [0, 0.05) is 6.54 Å². The molecule has 1 saturated carbocycles. The van der Waals surface area contributed by atoms with Crippen LogP contribution in [0.25, 0.3) is 0 Å². The van der Waals surface area contributed by atoms with Crippen LogP contribution in [0.3, 0.4) is 0 Å². The lowest BCUT2D eigenvalue weighted by atomic mass is 9.74. The molecule has 5 heteroatoms. The standard InChI is InChI=1S/C18H25NO4/c1-13(2)23-15-9-5-4-8-14(15)16(20)19-12-18(17(21)22)10-6-3-7-11-18/h4-5,8-9,13H,3,6-7,10-12H2,1-2H3,(H,19,20)(H,21,22). The third-order valence-corrected chi connectivity index (χ3v) is 4.35. The van der Waals surface area contributed by atoms with Crippen molar-refractivity contribution in [3.05, 3.63) is 29.8 Å². The second-order valence-electron chi connectivity index (χ2n) is 6.49. The Morgan fingerprint density at radius 1 is 1.22 bits per heavy atom. The van der Waals surface area contributed by atoms with Gasteiger partial charge in [-0.25, -0.2) is 0 Å². The third kappa shape index (κ3) is 4.24. The van der Waals surface area contributed by atoms with Crippen LogP contribution in [-0.2, 0) is 4.79 Å². The van der Waals surface area contributed by atoms with Gasteiger partial charge in [-0.1, -0.05) is 31.4 Å². The lowest BCUT2D eigenvalue weighted by molar-refractivity contribution is -0.150. The highest BCUT2D eigenvalue weighted by molar-refractivity contribution is 5.97. The van der Waals surface area contributed by atoms with Crippen LogP contribution in [0.15, 0.2) is 24.3 Å². The second kappa shape index (κ2) is 7.49. The summed E-state index contributed by atoms with van der Waals surface area (Å²) in [5.41, 5.74) is -0.389. The number of benzene rings is 1. The molecule has 2 rings (SSSR count). The molecule has 0 spiro atoms. The van der Waals surface area contributed by atoms with E-state index in [1.54, 1.807) is 18.2 Å². The van der Waals surface area contributed by atoms with Crippen molar-refractivity contribution in [1.82, 2.24) is 5.32 Å². The summed E-state index contributed by atoms with van der Waals surface area (Å²) < 4.78 is 5.65. The summed E-state index contributed by atoms with van der Waals surface area (Å²) in [5.74, 6) is -0.579. The summed E-state index contributed by atoms with van der Waals surface area (Å²) in [7, 11) is 0. The zero-order chi connectivity index (χ0) is 16.9. The van der Waals surface area contributed by atoms with Crippen molar-refractivity contribution < 1.29 is 19.4 Å². The number of rotatable bonds is 6. The number of hydrogen-bond donors (Lipinski definition) is 2. The van der Waals surface area contributed by atoms with Crippen LogP contribution in [0, 0.1) is 5.41 Å². The number of carboxylic acid groups (broad SMARTS) is 1. The number of amides is 1. The Balaban J connectivity index is 2.08. The summed E-state index contributed by atoms with van der Waals surface area (Å²) in [6, 6.07) is 7.04. The summed E-state index contributed by atoms with van der Waals surface area (Å²) in [5, 5.41) is 12.4. The fourth-order valence-corrected chi connectivity index (χ4v) is 3.05. The van der Waals surface area contributed by atoms with Gasteiger partial charge < -0.3 is 15.2 Å². The molecule has 5 nitrogen and oxygen atoms in total.